The van der Waals surface area contributed by atoms with E-state index in [1.54, 1.807) is 6.08 Å². The molecule has 0 saturated carbocycles. The van der Waals surface area contributed by atoms with Gasteiger partial charge in [0.1, 0.15) is 0 Å². The molecule has 0 bridgehead atoms. The molecular formula is C9H10N2S. The largest absolute Gasteiger partial charge is 0.144 e. The van der Waals surface area contributed by atoms with E-state index >= 15 is 0 Å². The zero-order chi connectivity index (χ0) is 8.65. The third kappa shape index (κ3) is 3.34. The smallest absolute Gasteiger partial charge is 0.0863 e. The first-order valence-electron chi connectivity index (χ1n) is 3.62. The lowest BCUT2D eigenvalue weighted by Crippen LogP contribution is -1.62. The summed E-state index contributed by atoms with van der Waals surface area (Å²) in [6.07, 6.45) is 1.80. The highest BCUT2D eigenvalue weighted by atomic mass is 32.2. The molecule has 0 atom stereocenters. The van der Waals surface area contributed by atoms with E-state index < -0.39 is 0 Å². The molecule has 0 aliphatic heterocycles. The molecule has 1 aromatic rings. The van der Waals surface area contributed by atoms with Crippen LogP contribution in [0.25, 0.3) is 0 Å². The molecule has 0 N–H and O–H groups in total. The van der Waals surface area contributed by atoms with Crippen molar-refractivity contribution in [2.24, 2.45) is 9.63 Å². The van der Waals surface area contributed by atoms with Gasteiger partial charge in [0.05, 0.1) is 5.69 Å². The molecule has 0 radical (unpaired) electrons. The molecular weight excluding hydrogens is 168 g/mol. The van der Waals surface area contributed by atoms with E-state index in [4.69, 9.17) is 0 Å². The SMILES string of the molecule is C=CCSN=Nc1ccccc1. The second-order valence-corrected chi connectivity index (χ2v) is 2.86. The van der Waals surface area contributed by atoms with Gasteiger partial charge in [-0.1, -0.05) is 24.3 Å². The Labute approximate surface area is 76.5 Å². The highest BCUT2D eigenvalue weighted by Gasteiger charge is 1.83. The highest BCUT2D eigenvalue weighted by Crippen LogP contribution is 2.13. The molecule has 0 fully saturated rings. The van der Waals surface area contributed by atoms with E-state index in [-0.39, 0.29) is 0 Å². The van der Waals surface area contributed by atoms with Crippen LogP contribution in [0.5, 0.6) is 0 Å². The number of hydrogen-bond acceptors (Lipinski definition) is 3. The van der Waals surface area contributed by atoms with Crippen LogP contribution in [0.1, 0.15) is 0 Å². The van der Waals surface area contributed by atoms with Gasteiger partial charge in [-0.25, -0.2) is 0 Å². The van der Waals surface area contributed by atoms with E-state index in [0.29, 0.717) is 0 Å². The molecule has 0 saturated heterocycles. The lowest BCUT2D eigenvalue weighted by Gasteiger charge is -1.88. The Morgan fingerprint density at radius 3 is 2.75 bits per heavy atom. The van der Waals surface area contributed by atoms with Gasteiger partial charge < -0.3 is 0 Å². The van der Waals surface area contributed by atoms with Crippen molar-refractivity contribution in [3.05, 3.63) is 43.0 Å². The Balaban J connectivity index is 2.41. The van der Waals surface area contributed by atoms with Crippen LogP contribution >= 0.6 is 11.9 Å². The minimum absolute atomic E-state index is 0.802. The predicted octanol–water partition coefficient (Wildman–Crippen LogP) is 3.60. The summed E-state index contributed by atoms with van der Waals surface area (Å²) in [5, 5.41) is 3.98. The molecule has 1 aromatic carbocycles. The Kier molecular flexibility index (Phi) is 4.16. The predicted molar refractivity (Wildman–Crippen MR) is 53.6 cm³/mol. The third-order valence-electron chi connectivity index (χ3n) is 1.16. The Morgan fingerprint density at radius 1 is 1.33 bits per heavy atom. The van der Waals surface area contributed by atoms with Crippen molar-refractivity contribution in [3.63, 3.8) is 0 Å². The fraction of sp³-hybridized carbons (Fsp3) is 0.111. The normalized spacial score (nSPS) is 10.3. The zero-order valence-corrected chi connectivity index (χ0v) is 7.50. The number of nitrogens with zero attached hydrogens (tertiary/aromatic N) is 2. The minimum Gasteiger partial charge on any atom is -0.144 e. The van der Waals surface area contributed by atoms with E-state index in [9.17, 15) is 0 Å². The van der Waals surface area contributed by atoms with E-state index in [0.717, 1.165) is 11.4 Å². The van der Waals surface area contributed by atoms with Crippen molar-refractivity contribution in [1.82, 2.24) is 0 Å². The van der Waals surface area contributed by atoms with E-state index in [1.165, 1.54) is 11.9 Å². The fourth-order valence-electron chi connectivity index (χ4n) is 0.657. The van der Waals surface area contributed by atoms with Gasteiger partial charge in [0, 0.05) is 17.7 Å². The van der Waals surface area contributed by atoms with Crippen molar-refractivity contribution in [2.75, 3.05) is 5.75 Å². The van der Waals surface area contributed by atoms with E-state index in [2.05, 4.69) is 16.2 Å². The molecule has 0 heterocycles. The zero-order valence-electron chi connectivity index (χ0n) is 6.68. The van der Waals surface area contributed by atoms with Gasteiger partial charge in [0.2, 0.25) is 0 Å². The van der Waals surface area contributed by atoms with Crippen LogP contribution in [0, 0.1) is 0 Å². The van der Waals surface area contributed by atoms with Crippen LogP contribution in [0.3, 0.4) is 0 Å². The average molecular weight is 178 g/mol. The summed E-state index contributed by atoms with van der Waals surface area (Å²) in [4.78, 5) is 0. The van der Waals surface area contributed by atoms with Crippen LogP contribution in [0.2, 0.25) is 0 Å². The molecule has 0 amide bonds. The van der Waals surface area contributed by atoms with Gasteiger partial charge in [0.15, 0.2) is 0 Å². The summed E-state index contributed by atoms with van der Waals surface area (Å²) >= 11 is 1.39. The summed E-state index contributed by atoms with van der Waals surface area (Å²) in [5.41, 5.74) is 0.883. The minimum atomic E-state index is 0.802. The van der Waals surface area contributed by atoms with Crippen molar-refractivity contribution in [2.45, 2.75) is 0 Å². The molecule has 3 heteroatoms. The standard InChI is InChI=1S/C9H10N2S/c1-2-8-12-11-10-9-6-4-3-5-7-9/h2-7H,1,8H2. The lowest BCUT2D eigenvalue weighted by molar-refractivity contribution is 1.33. The summed E-state index contributed by atoms with van der Waals surface area (Å²) in [6.45, 7) is 3.58. The van der Waals surface area contributed by atoms with Gasteiger partial charge >= 0.3 is 0 Å². The molecule has 0 aliphatic rings. The van der Waals surface area contributed by atoms with Crippen LogP contribution < -0.4 is 0 Å². The van der Waals surface area contributed by atoms with Crippen molar-refractivity contribution in [3.8, 4) is 0 Å². The fourth-order valence-corrected chi connectivity index (χ4v) is 0.981. The summed E-state index contributed by atoms with van der Waals surface area (Å²) < 4.78 is 3.90. The third-order valence-corrected chi connectivity index (χ3v) is 1.74. The molecule has 0 aromatic heterocycles. The van der Waals surface area contributed by atoms with Crippen LogP contribution in [-0.4, -0.2) is 5.75 Å². The molecule has 0 unspecified atom stereocenters. The van der Waals surface area contributed by atoms with Crippen molar-refractivity contribution < 1.29 is 0 Å². The van der Waals surface area contributed by atoms with Gasteiger partial charge in [0.25, 0.3) is 0 Å². The molecule has 62 valence electrons. The first-order chi connectivity index (χ1) is 5.93. The summed E-state index contributed by atoms with van der Waals surface area (Å²) in [5.74, 6) is 0.802. The van der Waals surface area contributed by atoms with Crippen LogP contribution in [-0.2, 0) is 0 Å². The average Bonchev–Trinajstić information content (AvgIpc) is 2.14. The number of hydrogen-bond donors (Lipinski definition) is 0. The molecule has 0 aliphatic carbocycles. The lowest BCUT2D eigenvalue weighted by atomic mass is 10.3. The first-order valence-corrected chi connectivity index (χ1v) is 4.56. The summed E-state index contributed by atoms with van der Waals surface area (Å²) in [7, 11) is 0. The van der Waals surface area contributed by atoms with Crippen molar-refractivity contribution >= 4 is 17.6 Å². The van der Waals surface area contributed by atoms with Crippen LogP contribution in [0.4, 0.5) is 5.69 Å². The number of benzene rings is 1. The molecule has 2 nitrogen and oxygen atoms in total. The van der Waals surface area contributed by atoms with Crippen LogP contribution in [0.15, 0.2) is 52.6 Å². The topological polar surface area (TPSA) is 24.7 Å². The van der Waals surface area contributed by atoms with Gasteiger partial charge in [-0.15, -0.1) is 16.2 Å². The van der Waals surface area contributed by atoms with Gasteiger partial charge in [-0.05, 0) is 12.1 Å². The molecule has 0 spiro atoms. The monoisotopic (exact) mass is 178 g/mol. The van der Waals surface area contributed by atoms with Gasteiger partial charge in [-0.3, -0.25) is 0 Å². The Bertz CT molecular complexity index is 256. The van der Waals surface area contributed by atoms with Gasteiger partial charge in [-0.2, -0.15) is 0 Å². The highest BCUT2D eigenvalue weighted by molar-refractivity contribution is 7.98. The maximum atomic E-state index is 3.98. The first kappa shape index (κ1) is 9.00. The molecule has 12 heavy (non-hydrogen) atoms. The number of rotatable bonds is 4. The Hall–Kier alpha value is -1.09. The maximum absolute atomic E-state index is 3.98. The maximum Gasteiger partial charge on any atom is 0.0863 e. The second kappa shape index (κ2) is 5.55. The van der Waals surface area contributed by atoms with Crippen molar-refractivity contribution in [1.29, 1.82) is 0 Å². The second-order valence-electron chi connectivity index (χ2n) is 2.10. The quantitative estimate of drug-likeness (QED) is 0.299. The van der Waals surface area contributed by atoms with E-state index in [1.807, 2.05) is 30.3 Å². The summed E-state index contributed by atoms with van der Waals surface area (Å²) in [6, 6.07) is 9.66. The molecule has 1 rings (SSSR count). The Morgan fingerprint density at radius 2 is 2.08 bits per heavy atom.